The van der Waals surface area contributed by atoms with Gasteiger partial charge in [0.05, 0.1) is 16.8 Å². The van der Waals surface area contributed by atoms with Gasteiger partial charge >= 0.3 is 0 Å². The lowest BCUT2D eigenvalue weighted by Crippen LogP contribution is -2.37. The Morgan fingerprint density at radius 3 is 1.60 bits per heavy atom. The first-order valence-electron chi connectivity index (χ1n) is 19.6. The SMILES string of the molecule is Cc1cc(N2c3ccccc3C(c3ccccc3)(c3cccc4c3sc3ccccc34)c3ccccc32)ccc1-c1nc(-c2ccccc2)nc(-c2ccccc2)n1. The van der Waals surface area contributed by atoms with Gasteiger partial charge in [0.15, 0.2) is 17.5 Å². The fraction of sp³-hybridized carbons (Fsp3) is 0.0377. The van der Waals surface area contributed by atoms with Crippen LogP contribution in [-0.2, 0) is 5.41 Å². The molecule has 8 aromatic carbocycles. The third kappa shape index (κ3) is 5.32. The fourth-order valence-corrected chi connectivity index (χ4v) is 10.3. The zero-order valence-corrected chi connectivity index (χ0v) is 32.6. The van der Waals surface area contributed by atoms with Gasteiger partial charge < -0.3 is 4.90 Å². The monoisotopic (exact) mass is 760 g/mol. The zero-order chi connectivity index (χ0) is 38.6. The summed E-state index contributed by atoms with van der Waals surface area (Å²) in [4.78, 5) is 17.5. The molecule has 274 valence electrons. The molecule has 1 aliphatic heterocycles. The topological polar surface area (TPSA) is 41.9 Å². The van der Waals surface area contributed by atoms with Gasteiger partial charge in [-0.2, -0.15) is 0 Å². The summed E-state index contributed by atoms with van der Waals surface area (Å²) >= 11 is 1.89. The van der Waals surface area contributed by atoms with Crippen LogP contribution < -0.4 is 4.90 Å². The normalized spacial score (nSPS) is 13.0. The third-order valence-corrected chi connectivity index (χ3v) is 12.7. The van der Waals surface area contributed by atoms with Crippen molar-refractivity contribution in [2.24, 2.45) is 0 Å². The van der Waals surface area contributed by atoms with Crippen molar-refractivity contribution in [3.05, 3.63) is 228 Å². The summed E-state index contributed by atoms with van der Waals surface area (Å²) in [5.41, 5.74) is 11.7. The molecule has 0 N–H and O–H groups in total. The smallest absolute Gasteiger partial charge is 0.164 e. The maximum absolute atomic E-state index is 5.07. The number of aryl methyl sites for hydroxylation is 1. The van der Waals surface area contributed by atoms with Crippen LogP contribution in [0.15, 0.2) is 200 Å². The number of rotatable bonds is 6. The summed E-state index contributed by atoms with van der Waals surface area (Å²) in [5.74, 6) is 1.95. The molecule has 11 rings (SSSR count). The van der Waals surface area contributed by atoms with Crippen LogP contribution in [0.3, 0.4) is 0 Å². The van der Waals surface area contributed by atoms with E-state index in [9.17, 15) is 0 Å². The molecule has 0 aliphatic carbocycles. The maximum Gasteiger partial charge on any atom is 0.164 e. The van der Waals surface area contributed by atoms with Crippen molar-refractivity contribution in [2.75, 3.05) is 4.90 Å². The van der Waals surface area contributed by atoms with E-state index in [0.29, 0.717) is 17.5 Å². The van der Waals surface area contributed by atoms with Crippen LogP contribution in [0, 0.1) is 6.92 Å². The lowest BCUT2D eigenvalue weighted by molar-refractivity contribution is 0.739. The Labute approximate surface area is 341 Å². The van der Waals surface area contributed by atoms with Crippen molar-refractivity contribution in [3.8, 4) is 34.2 Å². The highest BCUT2D eigenvalue weighted by Gasteiger charge is 2.47. The molecule has 2 aromatic heterocycles. The van der Waals surface area contributed by atoms with Gasteiger partial charge in [0.25, 0.3) is 0 Å². The number of hydrogen-bond donors (Lipinski definition) is 0. The Balaban J connectivity index is 1.12. The quantitative estimate of drug-likeness (QED) is 0.169. The number of hydrogen-bond acceptors (Lipinski definition) is 5. The highest BCUT2D eigenvalue weighted by atomic mass is 32.1. The van der Waals surface area contributed by atoms with Crippen LogP contribution in [0.5, 0.6) is 0 Å². The van der Waals surface area contributed by atoms with Crippen LogP contribution in [0.2, 0.25) is 0 Å². The standard InChI is InChI=1S/C53H36N4S/c1-35-34-39(32-33-40(35)52-55-50(36-18-5-2-6-19-36)54-51(56-52)37-20-7-3-8-21-37)57-46-29-14-12-26-43(46)53(38-22-9-4-10-23-38,44-27-13-15-30-47(44)57)45-28-17-25-42-41-24-11-16-31-48(41)58-49(42)45/h2-34H,1H3. The molecule has 0 unspecified atom stereocenters. The first kappa shape index (κ1) is 34.1. The number of benzene rings is 8. The number of anilines is 3. The molecule has 10 aromatic rings. The van der Waals surface area contributed by atoms with E-state index in [-0.39, 0.29) is 0 Å². The van der Waals surface area contributed by atoms with Crippen molar-refractivity contribution in [1.29, 1.82) is 0 Å². The van der Waals surface area contributed by atoms with E-state index in [1.165, 1.54) is 42.4 Å². The lowest BCUT2D eigenvalue weighted by Gasteiger charge is -2.46. The van der Waals surface area contributed by atoms with Crippen LogP contribution in [0.4, 0.5) is 17.1 Å². The molecular weight excluding hydrogens is 725 g/mol. The van der Waals surface area contributed by atoms with E-state index in [4.69, 9.17) is 15.0 Å². The van der Waals surface area contributed by atoms with Gasteiger partial charge in [-0.25, -0.2) is 15.0 Å². The van der Waals surface area contributed by atoms with Crippen molar-refractivity contribution in [2.45, 2.75) is 12.3 Å². The van der Waals surface area contributed by atoms with Gasteiger partial charge in [0, 0.05) is 42.6 Å². The maximum atomic E-state index is 5.07. The Morgan fingerprint density at radius 1 is 0.448 bits per heavy atom. The summed E-state index contributed by atoms with van der Waals surface area (Å²) in [6, 6.07) is 71.6. The second-order valence-corrected chi connectivity index (χ2v) is 15.9. The molecule has 0 amide bonds. The summed E-state index contributed by atoms with van der Waals surface area (Å²) in [5, 5.41) is 2.59. The second kappa shape index (κ2) is 13.8. The van der Waals surface area contributed by atoms with Gasteiger partial charge in [-0.05, 0) is 71.1 Å². The zero-order valence-electron chi connectivity index (χ0n) is 31.7. The Hall–Kier alpha value is -7.21. The molecule has 0 atom stereocenters. The average molecular weight is 761 g/mol. The largest absolute Gasteiger partial charge is 0.310 e. The summed E-state index contributed by atoms with van der Waals surface area (Å²) < 4.78 is 2.61. The number of thiophene rings is 1. The van der Waals surface area contributed by atoms with Crippen LogP contribution in [0.1, 0.15) is 27.8 Å². The molecular formula is C53H36N4S. The van der Waals surface area contributed by atoms with Gasteiger partial charge in [0.1, 0.15) is 0 Å². The highest BCUT2D eigenvalue weighted by molar-refractivity contribution is 7.26. The molecule has 0 saturated heterocycles. The second-order valence-electron chi connectivity index (χ2n) is 14.8. The molecule has 0 radical (unpaired) electrons. The van der Waals surface area contributed by atoms with Gasteiger partial charge in [0.2, 0.25) is 0 Å². The highest BCUT2D eigenvalue weighted by Crippen LogP contribution is 2.59. The predicted molar refractivity (Wildman–Crippen MR) is 240 cm³/mol. The molecule has 1 aliphatic rings. The Kier molecular flexibility index (Phi) is 8.09. The average Bonchev–Trinajstić information content (AvgIpc) is 3.68. The number of nitrogens with zero attached hydrogens (tertiary/aromatic N) is 4. The minimum absolute atomic E-state index is 0.590. The van der Waals surface area contributed by atoms with Crippen molar-refractivity contribution >= 4 is 48.6 Å². The molecule has 5 heteroatoms. The molecule has 0 saturated carbocycles. The van der Waals surface area contributed by atoms with Crippen LogP contribution in [-0.4, -0.2) is 15.0 Å². The Bertz CT molecular complexity index is 3030. The summed E-state index contributed by atoms with van der Waals surface area (Å²) in [6.45, 7) is 2.16. The molecule has 4 nitrogen and oxygen atoms in total. The van der Waals surface area contributed by atoms with Gasteiger partial charge in [-0.1, -0.05) is 164 Å². The van der Waals surface area contributed by atoms with Crippen molar-refractivity contribution < 1.29 is 0 Å². The van der Waals surface area contributed by atoms with E-state index in [0.717, 1.165) is 39.3 Å². The first-order chi connectivity index (χ1) is 28.7. The molecule has 0 spiro atoms. The Morgan fingerprint density at radius 2 is 0.966 bits per heavy atom. The lowest BCUT2D eigenvalue weighted by atomic mass is 9.62. The molecule has 3 heterocycles. The van der Waals surface area contributed by atoms with Gasteiger partial charge in [-0.3, -0.25) is 0 Å². The predicted octanol–water partition coefficient (Wildman–Crippen LogP) is 13.7. The van der Waals surface area contributed by atoms with E-state index < -0.39 is 5.41 Å². The van der Waals surface area contributed by atoms with Gasteiger partial charge in [-0.15, -0.1) is 11.3 Å². The number of para-hydroxylation sites is 2. The summed E-state index contributed by atoms with van der Waals surface area (Å²) in [6.07, 6.45) is 0. The van der Waals surface area contributed by atoms with E-state index in [2.05, 4.69) is 151 Å². The van der Waals surface area contributed by atoms with E-state index >= 15 is 0 Å². The van der Waals surface area contributed by atoms with Crippen molar-refractivity contribution in [3.63, 3.8) is 0 Å². The molecule has 0 fully saturated rings. The number of aromatic nitrogens is 3. The first-order valence-corrected chi connectivity index (χ1v) is 20.4. The van der Waals surface area contributed by atoms with E-state index in [1.807, 2.05) is 72.0 Å². The van der Waals surface area contributed by atoms with Crippen LogP contribution in [0.25, 0.3) is 54.3 Å². The minimum Gasteiger partial charge on any atom is -0.310 e. The number of fused-ring (bicyclic) bond motifs is 5. The fourth-order valence-electron chi connectivity index (χ4n) is 8.98. The van der Waals surface area contributed by atoms with Crippen LogP contribution >= 0.6 is 11.3 Å². The van der Waals surface area contributed by atoms with E-state index in [1.54, 1.807) is 0 Å². The summed E-state index contributed by atoms with van der Waals surface area (Å²) in [7, 11) is 0. The third-order valence-electron chi connectivity index (χ3n) is 11.5. The molecule has 0 bridgehead atoms. The minimum atomic E-state index is -0.590. The van der Waals surface area contributed by atoms with Crippen molar-refractivity contribution in [1.82, 2.24) is 15.0 Å². The molecule has 58 heavy (non-hydrogen) atoms.